The molecule has 3 atom stereocenters. The first-order valence-electron chi connectivity index (χ1n) is 8.84. The normalized spacial score (nSPS) is 20.1. The highest BCUT2D eigenvalue weighted by Gasteiger charge is 2.29. The summed E-state index contributed by atoms with van der Waals surface area (Å²) in [6.45, 7) is 7.37. The molecule has 0 heterocycles. The minimum atomic E-state index is -0.677. The molecule has 0 aromatic heterocycles. The highest BCUT2D eigenvalue weighted by molar-refractivity contribution is 5.81. The number of hydrogen-bond acceptors (Lipinski definition) is 5. The van der Waals surface area contributed by atoms with Crippen LogP contribution in [0.1, 0.15) is 25.3 Å². The number of allylic oxidation sites excluding steroid dienone is 2. The van der Waals surface area contributed by atoms with Gasteiger partial charge in [-0.2, -0.15) is 0 Å². The van der Waals surface area contributed by atoms with Gasteiger partial charge in [0.25, 0.3) is 0 Å². The number of carbonyl (C=O) groups excluding carboxylic acids is 2. The molecule has 0 amide bonds. The average Bonchev–Trinajstić information content (AvgIpc) is 2.64. The van der Waals surface area contributed by atoms with Crippen molar-refractivity contribution in [3.63, 3.8) is 0 Å². The predicted molar refractivity (Wildman–Crippen MR) is 98.7 cm³/mol. The van der Waals surface area contributed by atoms with Crippen molar-refractivity contribution in [3.8, 4) is 5.75 Å². The third kappa shape index (κ3) is 5.76. The third-order valence-corrected chi connectivity index (χ3v) is 4.43. The largest absolute Gasteiger partial charge is 0.489 e. The summed E-state index contributed by atoms with van der Waals surface area (Å²) in [6.07, 6.45) is 6.01. The van der Waals surface area contributed by atoms with Crippen molar-refractivity contribution in [2.24, 2.45) is 11.8 Å². The lowest BCUT2D eigenvalue weighted by Crippen LogP contribution is -2.35. The molecule has 1 aromatic carbocycles. The molecule has 3 unspecified atom stereocenters. The van der Waals surface area contributed by atoms with Gasteiger partial charge in [0, 0.05) is 6.08 Å². The summed E-state index contributed by atoms with van der Waals surface area (Å²) in [4.78, 5) is 23.9. The van der Waals surface area contributed by atoms with Gasteiger partial charge in [0.2, 0.25) is 0 Å². The SMILES string of the molecule is C=CC(=O)OCC(COc1ccccc1C)OC(=O)C1CC=CCC1C. The zero-order chi connectivity index (χ0) is 18.9. The van der Waals surface area contributed by atoms with E-state index in [2.05, 4.69) is 12.7 Å². The number of aryl methyl sites for hydroxylation is 1. The Balaban J connectivity index is 1.99. The van der Waals surface area contributed by atoms with E-state index in [-0.39, 0.29) is 31.0 Å². The van der Waals surface area contributed by atoms with Crippen molar-refractivity contribution in [2.75, 3.05) is 13.2 Å². The Morgan fingerprint density at radius 2 is 1.96 bits per heavy atom. The van der Waals surface area contributed by atoms with Gasteiger partial charge in [-0.1, -0.05) is 43.9 Å². The zero-order valence-electron chi connectivity index (χ0n) is 15.4. The van der Waals surface area contributed by atoms with Crippen LogP contribution in [0.15, 0.2) is 49.1 Å². The van der Waals surface area contributed by atoms with E-state index < -0.39 is 12.1 Å². The molecular weight excluding hydrogens is 332 g/mol. The average molecular weight is 358 g/mol. The van der Waals surface area contributed by atoms with Crippen molar-refractivity contribution in [1.82, 2.24) is 0 Å². The molecule has 1 aromatic rings. The van der Waals surface area contributed by atoms with Crippen LogP contribution >= 0.6 is 0 Å². The molecule has 2 rings (SSSR count). The molecular formula is C21H26O5. The van der Waals surface area contributed by atoms with Gasteiger partial charge in [-0.15, -0.1) is 0 Å². The fraction of sp³-hybridized carbons (Fsp3) is 0.429. The van der Waals surface area contributed by atoms with Crippen LogP contribution in [0.4, 0.5) is 0 Å². The van der Waals surface area contributed by atoms with Crippen molar-refractivity contribution >= 4 is 11.9 Å². The van der Waals surface area contributed by atoms with Crippen LogP contribution < -0.4 is 4.74 Å². The summed E-state index contributed by atoms with van der Waals surface area (Å²) in [7, 11) is 0. The Hall–Kier alpha value is -2.56. The topological polar surface area (TPSA) is 61.8 Å². The maximum absolute atomic E-state index is 12.5. The molecule has 0 fully saturated rings. The van der Waals surface area contributed by atoms with Crippen LogP contribution in [0.25, 0.3) is 0 Å². The van der Waals surface area contributed by atoms with E-state index in [4.69, 9.17) is 14.2 Å². The highest BCUT2D eigenvalue weighted by atomic mass is 16.6. The maximum atomic E-state index is 12.5. The zero-order valence-corrected chi connectivity index (χ0v) is 15.4. The Kier molecular flexibility index (Phi) is 7.45. The lowest BCUT2D eigenvalue weighted by atomic mass is 9.84. The summed E-state index contributed by atoms with van der Waals surface area (Å²) in [5, 5.41) is 0. The van der Waals surface area contributed by atoms with Gasteiger partial charge in [-0.3, -0.25) is 4.79 Å². The van der Waals surface area contributed by atoms with Gasteiger partial charge in [0.15, 0.2) is 6.10 Å². The molecule has 0 radical (unpaired) electrons. The van der Waals surface area contributed by atoms with Gasteiger partial charge in [-0.25, -0.2) is 4.79 Å². The molecule has 0 N–H and O–H groups in total. The van der Waals surface area contributed by atoms with E-state index in [1.807, 2.05) is 44.2 Å². The van der Waals surface area contributed by atoms with Crippen LogP contribution in [0.5, 0.6) is 5.75 Å². The number of hydrogen-bond donors (Lipinski definition) is 0. The quantitative estimate of drug-likeness (QED) is 0.403. The third-order valence-electron chi connectivity index (χ3n) is 4.43. The smallest absolute Gasteiger partial charge is 0.330 e. The van der Waals surface area contributed by atoms with Crippen molar-refractivity contribution in [1.29, 1.82) is 0 Å². The van der Waals surface area contributed by atoms with E-state index in [0.717, 1.165) is 18.1 Å². The molecule has 0 bridgehead atoms. The van der Waals surface area contributed by atoms with Crippen molar-refractivity contribution < 1.29 is 23.8 Å². The fourth-order valence-corrected chi connectivity index (χ4v) is 2.78. The number of carbonyl (C=O) groups is 2. The van der Waals surface area contributed by atoms with Crippen molar-refractivity contribution in [2.45, 2.75) is 32.8 Å². The summed E-state index contributed by atoms with van der Waals surface area (Å²) in [6, 6.07) is 7.57. The molecule has 0 spiro atoms. The summed E-state index contributed by atoms with van der Waals surface area (Å²) in [5.41, 5.74) is 0.978. The number of esters is 2. The lowest BCUT2D eigenvalue weighted by Gasteiger charge is -2.26. The number of rotatable bonds is 8. The second-order valence-electron chi connectivity index (χ2n) is 6.50. The molecule has 26 heavy (non-hydrogen) atoms. The minimum absolute atomic E-state index is 0.0700. The molecule has 140 valence electrons. The maximum Gasteiger partial charge on any atom is 0.330 e. The van der Waals surface area contributed by atoms with Crippen LogP contribution in [-0.2, 0) is 19.1 Å². The first-order chi connectivity index (χ1) is 12.5. The van der Waals surface area contributed by atoms with Gasteiger partial charge >= 0.3 is 11.9 Å². The van der Waals surface area contributed by atoms with E-state index in [1.165, 1.54) is 0 Å². The molecule has 5 nitrogen and oxygen atoms in total. The molecule has 0 aliphatic heterocycles. The van der Waals surface area contributed by atoms with E-state index >= 15 is 0 Å². The van der Waals surface area contributed by atoms with E-state index in [9.17, 15) is 9.59 Å². The first-order valence-corrected chi connectivity index (χ1v) is 8.84. The van der Waals surface area contributed by atoms with Crippen molar-refractivity contribution in [3.05, 3.63) is 54.6 Å². The van der Waals surface area contributed by atoms with Gasteiger partial charge in [0.05, 0.1) is 5.92 Å². The minimum Gasteiger partial charge on any atom is -0.489 e. The number of ether oxygens (including phenoxy) is 3. The molecule has 0 saturated carbocycles. The van der Waals surface area contributed by atoms with E-state index in [1.54, 1.807) is 0 Å². The van der Waals surface area contributed by atoms with E-state index in [0.29, 0.717) is 12.2 Å². The lowest BCUT2D eigenvalue weighted by molar-refractivity contribution is -0.164. The Morgan fingerprint density at radius 1 is 1.23 bits per heavy atom. The molecule has 5 heteroatoms. The summed E-state index contributed by atoms with van der Waals surface area (Å²) < 4.78 is 16.4. The molecule has 0 saturated heterocycles. The predicted octanol–water partition coefficient (Wildman–Crippen LogP) is 3.62. The second kappa shape index (κ2) is 9.80. The molecule has 1 aliphatic rings. The number of benzene rings is 1. The van der Waals surface area contributed by atoms with Gasteiger partial charge in [0.1, 0.15) is 19.0 Å². The monoisotopic (exact) mass is 358 g/mol. The Bertz CT molecular complexity index is 664. The Morgan fingerprint density at radius 3 is 2.65 bits per heavy atom. The first kappa shape index (κ1) is 19.8. The highest BCUT2D eigenvalue weighted by Crippen LogP contribution is 2.26. The van der Waals surface area contributed by atoms with Gasteiger partial charge < -0.3 is 14.2 Å². The van der Waals surface area contributed by atoms with Gasteiger partial charge in [-0.05, 0) is 37.3 Å². The van der Waals surface area contributed by atoms with Crippen LogP contribution in [-0.4, -0.2) is 31.3 Å². The van der Waals surface area contributed by atoms with Crippen LogP contribution in [0.2, 0.25) is 0 Å². The van der Waals surface area contributed by atoms with Crippen LogP contribution in [0.3, 0.4) is 0 Å². The van der Waals surface area contributed by atoms with Crippen LogP contribution in [0, 0.1) is 18.8 Å². The number of para-hydroxylation sites is 1. The summed E-state index contributed by atoms with van der Waals surface area (Å²) in [5.74, 6) is -0.0967. The molecule has 1 aliphatic carbocycles. The standard InChI is InChI=1S/C21H26O5/c1-4-20(22)25-14-17(13-24-19-12-8-6-10-16(19)3)26-21(23)18-11-7-5-9-15(18)2/h4-8,10,12,15,17-18H,1,9,11,13-14H2,2-3H3. The Labute approximate surface area is 154 Å². The second-order valence-corrected chi connectivity index (χ2v) is 6.50. The fourth-order valence-electron chi connectivity index (χ4n) is 2.78. The summed E-state index contributed by atoms with van der Waals surface area (Å²) >= 11 is 0.